The zero-order valence-corrected chi connectivity index (χ0v) is 19.0. The van der Waals surface area contributed by atoms with Gasteiger partial charge in [-0.1, -0.05) is 60.1 Å². The molecular weight excluding hydrogens is 434 g/mol. The Morgan fingerprint density at radius 3 is 2.58 bits per heavy atom. The van der Waals surface area contributed by atoms with E-state index >= 15 is 0 Å². The van der Waals surface area contributed by atoms with Gasteiger partial charge in [-0.25, -0.2) is 4.98 Å². The van der Waals surface area contributed by atoms with Crippen molar-refractivity contribution in [3.63, 3.8) is 0 Å². The molecule has 5 nitrogen and oxygen atoms in total. The molecule has 0 aliphatic heterocycles. The summed E-state index contributed by atoms with van der Waals surface area (Å²) in [5, 5.41) is 13.9. The van der Waals surface area contributed by atoms with E-state index in [4.69, 9.17) is 16.6 Å². The summed E-state index contributed by atoms with van der Waals surface area (Å²) in [6.07, 6.45) is 4.76. The minimum absolute atomic E-state index is 0.193. The molecule has 5 rings (SSSR count). The number of carbonyl (C=O) groups excluding carboxylic acids is 1. The lowest BCUT2D eigenvalue weighted by molar-refractivity contribution is 0.0850. The highest BCUT2D eigenvalue weighted by molar-refractivity contribution is 6.30. The van der Waals surface area contributed by atoms with Crippen molar-refractivity contribution in [1.82, 2.24) is 14.7 Å². The highest BCUT2D eigenvalue weighted by atomic mass is 35.5. The molecule has 1 saturated carbocycles. The third kappa shape index (κ3) is 4.26. The minimum Gasteiger partial charge on any atom is -0.393 e. The number of aromatic nitrogens is 2. The molecule has 1 fully saturated rings. The van der Waals surface area contributed by atoms with Gasteiger partial charge in [0.25, 0.3) is 5.91 Å². The second-order valence-corrected chi connectivity index (χ2v) is 9.25. The Labute approximate surface area is 198 Å². The first-order chi connectivity index (χ1) is 16.1. The van der Waals surface area contributed by atoms with Crippen molar-refractivity contribution in [3.05, 3.63) is 95.3 Å². The third-order valence-electron chi connectivity index (χ3n) is 6.73. The number of imidazole rings is 1. The first-order valence-corrected chi connectivity index (χ1v) is 11.7. The van der Waals surface area contributed by atoms with Gasteiger partial charge in [0.2, 0.25) is 0 Å². The van der Waals surface area contributed by atoms with Crippen LogP contribution < -0.4 is 5.32 Å². The van der Waals surface area contributed by atoms with E-state index in [1.54, 1.807) is 0 Å². The number of hydrogen-bond donors (Lipinski definition) is 2. The molecule has 0 saturated heterocycles. The molecule has 2 heterocycles. The summed E-state index contributed by atoms with van der Waals surface area (Å²) in [5.74, 6) is 0.477. The first-order valence-electron chi connectivity index (χ1n) is 11.3. The lowest BCUT2D eigenvalue weighted by Crippen LogP contribution is -2.44. The van der Waals surface area contributed by atoms with Crippen LogP contribution in [0, 0.1) is 0 Å². The summed E-state index contributed by atoms with van der Waals surface area (Å²) in [4.78, 5) is 18.1. The molecule has 0 radical (unpaired) electrons. The van der Waals surface area contributed by atoms with Gasteiger partial charge in [0.05, 0.1) is 11.6 Å². The van der Waals surface area contributed by atoms with Crippen LogP contribution in [-0.2, 0) is 5.41 Å². The molecule has 0 bridgehead atoms. The number of hydrogen-bond acceptors (Lipinski definition) is 3. The molecule has 0 spiro atoms. The Balaban J connectivity index is 1.46. The first kappa shape index (κ1) is 21.7. The van der Waals surface area contributed by atoms with Crippen LogP contribution in [0.5, 0.6) is 0 Å². The molecule has 4 aromatic rings. The largest absolute Gasteiger partial charge is 0.393 e. The Hall–Kier alpha value is -3.15. The van der Waals surface area contributed by atoms with Crippen molar-refractivity contribution in [2.45, 2.75) is 37.2 Å². The number of aliphatic hydroxyl groups excluding tert-OH is 1. The Kier molecular flexibility index (Phi) is 5.92. The number of amides is 1. The van der Waals surface area contributed by atoms with Crippen molar-refractivity contribution in [2.75, 3.05) is 6.54 Å². The van der Waals surface area contributed by atoms with Gasteiger partial charge < -0.3 is 10.4 Å². The number of nitrogens with one attached hydrogen (secondary N) is 1. The number of rotatable bonds is 5. The van der Waals surface area contributed by atoms with Crippen molar-refractivity contribution >= 4 is 23.0 Å². The summed E-state index contributed by atoms with van der Waals surface area (Å²) >= 11 is 6.20. The van der Waals surface area contributed by atoms with Crippen molar-refractivity contribution < 1.29 is 9.90 Å². The number of aliphatic hydroxyl groups is 1. The average Bonchev–Trinajstić information content (AvgIpc) is 3.24. The quantitative estimate of drug-likeness (QED) is 0.428. The van der Waals surface area contributed by atoms with Crippen LogP contribution in [0.3, 0.4) is 0 Å². The van der Waals surface area contributed by atoms with Gasteiger partial charge in [-0.3, -0.25) is 9.20 Å². The molecule has 33 heavy (non-hydrogen) atoms. The third-order valence-corrected chi connectivity index (χ3v) is 6.97. The Bertz CT molecular complexity index is 1280. The number of carbonyl (C=O) groups is 1. The SMILES string of the molecule is O=C(NCC1(c2ccccc2)CCC(O)CC1)c1nc(-c2cccc(Cl)c2)n2ccccc12. The smallest absolute Gasteiger partial charge is 0.272 e. The molecule has 1 aliphatic rings. The highest BCUT2D eigenvalue weighted by Gasteiger charge is 2.37. The van der Waals surface area contributed by atoms with E-state index in [0.29, 0.717) is 23.1 Å². The van der Waals surface area contributed by atoms with Crippen LogP contribution in [0.4, 0.5) is 0 Å². The Morgan fingerprint density at radius 2 is 1.82 bits per heavy atom. The van der Waals surface area contributed by atoms with E-state index < -0.39 is 0 Å². The number of halogens is 1. The normalized spacial score (nSPS) is 20.6. The summed E-state index contributed by atoms with van der Waals surface area (Å²) < 4.78 is 1.92. The fourth-order valence-corrected chi connectivity index (χ4v) is 5.07. The molecule has 2 aromatic carbocycles. The second-order valence-electron chi connectivity index (χ2n) is 8.81. The zero-order chi connectivity index (χ0) is 22.8. The van der Waals surface area contributed by atoms with Gasteiger partial charge in [0.1, 0.15) is 5.82 Å². The monoisotopic (exact) mass is 459 g/mol. The molecular formula is C27H26ClN3O2. The van der Waals surface area contributed by atoms with Gasteiger partial charge in [0, 0.05) is 28.7 Å². The van der Waals surface area contributed by atoms with Crippen LogP contribution in [-0.4, -0.2) is 33.0 Å². The fraction of sp³-hybridized carbons (Fsp3) is 0.259. The van der Waals surface area contributed by atoms with E-state index in [-0.39, 0.29) is 17.4 Å². The number of nitrogens with zero attached hydrogens (tertiary/aromatic N) is 2. The number of pyridine rings is 1. The summed E-state index contributed by atoms with van der Waals surface area (Å²) in [6.45, 7) is 0.501. The predicted octanol–water partition coefficient (Wildman–Crippen LogP) is 5.26. The molecule has 2 N–H and O–H groups in total. The molecule has 168 valence electrons. The maximum absolute atomic E-state index is 13.4. The maximum Gasteiger partial charge on any atom is 0.272 e. The van der Waals surface area contributed by atoms with Crippen LogP contribution >= 0.6 is 11.6 Å². The Morgan fingerprint density at radius 1 is 1.06 bits per heavy atom. The predicted molar refractivity (Wildman–Crippen MR) is 131 cm³/mol. The van der Waals surface area contributed by atoms with Gasteiger partial charge in [-0.2, -0.15) is 0 Å². The van der Waals surface area contributed by atoms with E-state index in [1.165, 1.54) is 5.56 Å². The van der Waals surface area contributed by atoms with E-state index in [1.807, 2.05) is 71.3 Å². The van der Waals surface area contributed by atoms with E-state index in [9.17, 15) is 9.90 Å². The zero-order valence-electron chi connectivity index (χ0n) is 18.2. The van der Waals surface area contributed by atoms with E-state index in [2.05, 4.69) is 17.4 Å². The molecule has 0 unspecified atom stereocenters. The highest BCUT2D eigenvalue weighted by Crippen LogP contribution is 2.39. The molecule has 1 aliphatic carbocycles. The maximum atomic E-state index is 13.4. The van der Waals surface area contributed by atoms with Crippen molar-refractivity contribution in [3.8, 4) is 11.4 Å². The van der Waals surface area contributed by atoms with Crippen LogP contribution in [0.2, 0.25) is 5.02 Å². The topological polar surface area (TPSA) is 66.6 Å². The molecule has 6 heteroatoms. The standard InChI is InChI=1S/C27H26ClN3O2/c28-21-10-6-7-19(17-21)25-30-24(23-11-4-5-16-31(23)25)26(33)29-18-27(14-12-22(32)13-15-27)20-8-2-1-3-9-20/h1-11,16-17,22,32H,12-15,18H2,(H,29,33). The van der Waals surface area contributed by atoms with Gasteiger partial charge in [0.15, 0.2) is 5.69 Å². The lowest BCUT2D eigenvalue weighted by Gasteiger charge is -2.39. The van der Waals surface area contributed by atoms with Crippen LogP contribution in [0.15, 0.2) is 79.0 Å². The fourth-order valence-electron chi connectivity index (χ4n) is 4.88. The van der Waals surface area contributed by atoms with Gasteiger partial charge in [-0.05, 0) is 55.5 Å². The molecule has 2 aromatic heterocycles. The average molecular weight is 460 g/mol. The minimum atomic E-state index is -0.269. The molecule has 1 amide bonds. The molecule has 0 atom stereocenters. The second kappa shape index (κ2) is 9.00. The van der Waals surface area contributed by atoms with Crippen molar-refractivity contribution in [1.29, 1.82) is 0 Å². The van der Waals surface area contributed by atoms with Gasteiger partial charge >= 0.3 is 0 Å². The van der Waals surface area contributed by atoms with Gasteiger partial charge in [-0.15, -0.1) is 0 Å². The van der Waals surface area contributed by atoms with E-state index in [0.717, 1.165) is 36.8 Å². The van der Waals surface area contributed by atoms with Crippen molar-refractivity contribution in [2.24, 2.45) is 0 Å². The summed E-state index contributed by atoms with van der Waals surface area (Å²) in [7, 11) is 0. The van der Waals surface area contributed by atoms with Crippen LogP contribution in [0.25, 0.3) is 16.9 Å². The summed E-state index contributed by atoms with van der Waals surface area (Å²) in [6, 6.07) is 23.5. The number of fused-ring (bicyclic) bond motifs is 1. The van der Waals surface area contributed by atoms with Crippen LogP contribution in [0.1, 0.15) is 41.7 Å². The summed E-state index contributed by atoms with van der Waals surface area (Å²) in [5.41, 5.74) is 3.00. The number of benzene rings is 2. The lowest BCUT2D eigenvalue weighted by atomic mass is 9.68.